The Bertz CT molecular complexity index is 528. The van der Waals surface area contributed by atoms with E-state index in [0.717, 1.165) is 19.3 Å². The summed E-state index contributed by atoms with van der Waals surface area (Å²) in [6.07, 6.45) is 1.43. The fraction of sp³-hybridized carbons (Fsp3) is 0.842. The van der Waals surface area contributed by atoms with Gasteiger partial charge in [-0.2, -0.15) is 0 Å². The van der Waals surface area contributed by atoms with Gasteiger partial charge in [-0.25, -0.2) is 0 Å². The number of rotatable bonds is 11. The van der Waals surface area contributed by atoms with Gasteiger partial charge in [0.15, 0.2) is 6.29 Å². The molecule has 0 amide bonds. The van der Waals surface area contributed by atoms with Gasteiger partial charge in [-0.3, -0.25) is 4.79 Å². The summed E-state index contributed by atoms with van der Waals surface area (Å²) in [4.78, 5) is 14.6. The molecule has 8 nitrogen and oxygen atoms in total. The van der Waals surface area contributed by atoms with Crippen LogP contribution in [0.15, 0.2) is 17.8 Å². The zero-order valence-electron chi connectivity index (χ0n) is 16.6. The Hall–Kier alpha value is -1.44. The van der Waals surface area contributed by atoms with Gasteiger partial charge in [-0.05, 0) is 18.4 Å². The lowest BCUT2D eigenvalue weighted by Gasteiger charge is -2.42. The van der Waals surface area contributed by atoms with E-state index in [4.69, 9.17) is 15.0 Å². The zero-order valence-corrected chi connectivity index (χ0v) is 16.6. The van der Waals surface area contributed by atoms with E-state index in [1.54, 1.807) is 6.08 Å². The molecule has 0 aromatic heterocycles. The molecule has 0 saturated carbocycles. The molecule has 0 aromatic carbocycles. The minimum atomic E-state index is -1.15. The van der Waals surface area contributed by atoms with Gasteiger partial charge in [0.2, 0.25) is 0 Å². The lowest BCUT2D eigenvalue weighted by molar-refractivity contribution is -0.276. The Kier molecular flexibility index (Phi) is 9.98. The quantitative estimate of drug-likeness (QED) is 0.186. The third kappa shape index (κ3) is 7.60. The Balaban J connectivity index is 2.57. The lowest BCUT2D eigenvalue weighted by atomic mass is 9.85. The number of carbonyl (C=O) groups excluding carboxylic acids is 1. The second-order valence-corrected chi connectivity index (χ2v) is 8.00. The maximum Gasteiger partial charge on any atom is 0.163 e. The number of unbranched alkanes of at least 4 members (excludes halogenated alkanes) is 2. The number of carbonyl (C=O) groups is 1. The first-order valence-electron chi connectivity index (χ1n) is 9.50. The van der Waals surface area contributed by atoms with E-state index >= 15 is 0 Å². The molecule has 0 bridgehead atoms. The summed E-state index contributed by atoms with van der Waals surface area (Å²) in [6.45, 7) is 9.53. The lowest BCUT2D eigenvalue weighted by Crippen LogP contribution is -2.56. The molecule has 8 heteroatoms. The van der Waals surface area contributed by atoms with Crippen LogP contribution in [-0.2, 0) is 14.3 Å². The molecule has 1 saturated heterocycles. The number of aliphatic hydroxyl groups is 2. The molecule has 27 heavy (non-hydrogen) atoms. The molecule has 2 N–H and O–H groups in total. The highest BCUT2D eigenvalue weighted by Crippen LogP contribution is 2.31. The van der Waals surface area contributed by atoms with Gasteiger partial charge in [0.1, 0.15) is 11.9 Å². The Labute approximate surface area is 161 Å². The smallest absolute Gasteiger partial charge is 0.163 e. The number of Topliss-reactive ketones (excluding diaryl/α,β-unsaturated/α-hetero) is 1. The maximum absolute atomic E-state index is 12.0. The molecular weight excluding hydrogens is 350 g/mol. The van der Waals surface area contributed by atoms with Gasteiger partial charge in [0, 0.05) is 22.7 Å². The Morgan fingerprint density at radius 1 is 1.30 bits per heavy atom. The van der Waals surface area contributed by atoms with Crippen LogP contribution < -0.4 is 0 Å². The molecule has 154 valence electrons. The Morgan fingerprint density at radius 2 is 2.00 bits per heavy atom. The van der Waals surface area contributed by atoms with Crippen molar-refractivity contribution in [3.05, 3.63) is 23.1 Å². The first-order chi connectivity index (χ1) is 12.7. The third-order valence-electron chi connectivity index (χ3n) is 4.81. The summed E-state index contributed by atoms with van der Waals surface area (Å²) in [5, 5.41) is 24.2. The molecule has 1 rings (SSSR count). The molecule has 0 radical (unpaired) electrons. The fourth-order valence-corrected chi connectivity index (χ4v) is 3.11. The van der Waals surface area contributed by atoms with Crippen molar-refractivity contribution in [1.82, 2.24) is 0 Å². The van der Waals surface area contributed by atoms with E-state index in [1.165, 1.54) is 0 Å². The number of hydrogen-bond acceptors (Lipinski definition) is 6. The van der Waals surface area contributed by atoms with E-state index in [0.29, 0.717) is 12.8 Å². The van der Waals surface area contributed by atoms with Crippen LogP contribution in [-0.4, -0.2) is 53.7 Å². The number of hydrogen-bond donors (Lipinski definition) is 2. The van der Waals surface area contributed by atoms with E-state index < -0.39 is 30.5 Å². The number of aliphatic hydroxyl groups excluding tert-OH is 2. The largest absolute Gasteiger partial charge is 0.390 e. The molecule has 0 aliphatic carbocycles. The Morgan fingerprint density at radius 3 is 2.59 bits per heavy atom. The maximum atomic E-state index is 12.0. The summed E-state index contributed by atoms with van der Waals surface area (Å²) in [5.41, 5.74) is 8.14. The highest BCUT2D eigenvalue weighted by atomic mass is 16.7. The number of azide groups is 1. The number of ketones is 1. The topological polar surface area (TPSA) is 125 Å². The minimum absolute atomic E-state index is 0.0791. The first kappa shape index (κ1) is 23.6. The van der Waals surface area contributed by atoms with Crippen LogP contribution in [0, 0.1) is 11.3 Å². The van der Waals surface area contributed by atoms with Crippen molar-refractivity contribution >= 4 is 5.78 Å². The van der Waals surface area contributed by atoms with Crippen molar-refractivity contribution in [3.8, 4) is 0 Å². The minimum Gasteiger partial charge on any atom is -0.390 e. The summed E-state index contributed by atoms with van der Waals surface area (Å²) < 4.78 is 11.3. The monoisotopic (exact) mass is 383 g/mol. The molecule has 5 atom stereocenters. The predicted octanol–water partition coefficient (Wildman–Crippen LogP) is 3.13. The summed E-state index contributed by atoms with van der Waals surface area (Å²) in [7, 11) is 0. The molecule has 1 fully saturated rings. The van der Waals surface area contributed by atoms with E-state index in [2.05, 4.69) is 16.6 Å². The highest BCUT2D eigenvalue weighted by molar-refractivity contribution is 5.83. The SMILES string of the molecule is C=CCOC1OC(CN=[N+]=[N-])C(O)C(O)C1CCCCCC(=O)C(C)(C)C. The molecule has 0 aromatic rings. The average molecular weight is 383 g/mol. The molecule has 1 aliphatic heterocycles. The summed E-state index contributed by atoms with van der Waals surface area (Å²) in [5.74, 6) is -0.160. The zero-order chi connectivity index (χ0) is 20.4. The van der Waals surface area contributed by atoms with Crippen LogP contribution in [0.1, 0.15) is 52.9 Å². The predicted molar refractivity (Wildman–Crippen MR) is 102 cm³/mol. The molecule has 1 aliphatic rings. The van der Waals surface area contributed by atoms with Crippen LogP contribution in [0.25, 0.3) is 10.4 Å². The van der Waals surface area contributed by atoms with Crippen molar-refractivity contribution < 1.29 is 24.5 Å². The van der Waals surface area contributed by atoms with Crippen LogP contribution in [0.2, 0.25) is 0 Å². The van der Waals surface area contributed by atoms with Gasteiger partial charge in [-0.1, -0.05) is 44.8 Å². The van der Waals surface area contributed by atoms with Gasteiger partial charge >= 0.3 is 0 Å². The number of nitrogens with zero attached hydrogens (tertiary/aromatic N) is 3. The van der Waals surface area contributed by atoms with E-state index in [1.807, 2.05) is 20.8 Å². The molecule has 0 spiro atoms. The molecule has 5 unspecified atom stereocenters. The first-order valence-corrected chi connectivity index (χ1v) is 9.50. The van der Waals surface area contributed by atoms with E-state index in [-0.39, 0.29) is 24.3 Å². The van der Waals surface area contributed by atoms with Gasteiger partial charge in [0.05, 0.1) is 25.4 Å². The summed E-state index contributed by atoms with van der Waals surface area (Å²) >= 11 is 0. The average Bonchev–Trinajstić information content (AvgIpc) is 2.61. The highest BCUT2D eigenvalue weighted by Gasteiger charge is 2.44. The standard InChI is InChI=1S/C19H33N3O5/c1-5-11-26-18-13(9-7-6-8-10-15(23)19(2,3)4)16(24)17(25)14(27-18)12-21-22-20/h5,13-14,16-18,24-25H,1,6-12H2,2-4H3. The normalized spacial score (nSPS) is 28.4. The van der Waals surface area contributed by atoms with Crippen molar-refractivity contribution in [1.29, 1.82) is 0 Å². The summed E-state index contributed by atoms with van der Waals surface area (Å²) in [6, 6.07) is 0. The second-order valence-electron chi connectivity index (χ2n) is 8.00. The van der Waals surface area contributed by atoms with Crippen molar-refractivity contribution in [2.75, 3.05) is 13.2 Å². The third-order valence-corrected chi connectivity index (χ3v) is 4.81. The van der Waals surface area contributed by atoms with Gasteiger partial charge in [-0.15, -0.1) is 6.58 Å². The van der Waals surface area contributed by atoms with Gasteiger partial charge in [0.25, 0.3) is 0 Å². The number of ether oxygens (including phenoxy) is 2. The molecular formula is C19H33N3O5. The van der Waals surface area contributed by atoms with Crippen LogP contribution in [0.4, 0.5) is 0 Å². The van der Waals surface area contributed by atoms with Crippen LogP contribution in [0.5, 0.6) is 0 Å². The van der Waals surface area contributed by atoms with Crippen molar-refractivity contribution in [2.24, 2.45) is 16.4 Å². The van der Waals surface area contributed by atoms with Crippen molar-refractivity contribution in [2.45, 2.75) is 77.5 Å². The van der Waals surface area contributed by atoms with Gasteiger partial charge < -0.3 is 19.7 Å². The van der Waals surface area contributed by atoms with E-state index in [9.17, 15) is 15.0 Å². The van der Waals surface area contributed by atoms with Crippen LogP contribution in [0.3, 0.4) is 0 Å². The molecule has 1 heterocycles. The fourth-order valence-electron chi connectivity index (χ4n) is 3.11. The van der Waals surface area contributed by atoms with Crippen molar-refractivity contribution in [3.63, 3.8) is 0 Å². The van der Waals surface area contributed by atoms with Crippen LogP contribution >= 0.6 is 0 Å². The second kappa shape index (κ2) is 11.4.